The van der Waals surface area contributed by atoms with Crippen LogP contribution in [0.1, 0.15) is 38.2 Å². The lowest BCUT2D eigenvalue weighted by Crippen LogP contribution is -2.38. The van der Waals surface area contributed by atoms with Gasteiger partial charge in [-0.25, -0.2) is 0 Å². The summed E-state index contributed by atoms with van der Waals surface area (Å²) in [5.41, 5.74) is 1.11. The van der Waals surface area contributed by atoms with E-state index < -0.39 is 0 Å². The van der Waals surface area contributed by atoms with Crippen molar-refractivity contribution in [3.8, 4) is 5.75 Å². The molecule has 2 N–H and O–H groups in total. The average Bonchev–Trinajstić information content (AvgIpc) is 2.67. The molecule has 1 aromatic rings. The molecule has 0 spiro atoms. The summed E-state index contributed by atoms with van der Waals surface area (Å²) in [6, 6.07) is 5.18. The monoisotopic (exact) mass is 239 g/mol. The molecule has 3 heteroatoms. The first-order valence-corrected chi connectivity index (χ1v) is 6.19. The molecule has 0 heterocycles. The molecule has 0 atom stereocenters. The Morgan fingerprint density at radius 1 is 1.38 bits per heavy atom. The van der Waals surface area contributed by atoms with Gasteiger partial charge in [-0.15, -0.1) is 0 Å². The van der Waals surface area contributed by atoms with Crippen molar-refractivity contribution < 1.29 is 5.11 Å². The predicted octanol–water partition coefficient (Wildman–Crippen LogP) is 3.47. The van der Waals surface area contributed by atoms with Gasteiger partial charge in [-0.05, 0) is 38.0 Å². The van der Waals surface area contributed by atoms with Gasteiger partial charge in [-0.1, -0.05) is 24.4 Å². The highest BCUT2D eigenvalue weighted by Crippen LogP contribution is 2.30. The van der Waals surface area contributed by atoms with Gasteiger partial charge >= 0.3 is 0 Å². The maximum atomic E-state index is 9.69. The van der Waals surface area contributed by atoms with Crippen LogP contribution in [0, 0.1) is 0 Å². The minimum absolute atomic E-state index is 0.231. The Hall–Kier alpha value is -0.730. The number of phenolic OH excluding ortho intramolecular Hbond substituents is 1. The Labute approximate surface area is 102 Å². The molecule has 2 rings (SSSR count). The maximum absolute atomic E-state index is 9.69. The minimum Gasteiger partial charge on any atom is -0.508 e. The second-order valence-electron chi connectivity index (χ2n) is 4.89. The van der Waals surface area contributed by atoms with E-state index in [1.165, 1.54) is 25.7 Å². The predicted molar refractivity (Wildman–Crippen MR) is 66.8 cm³/mol. The molecule has 1 aliphatic rings. The van der Waals surface area contributed by atoms with Gasteiger partial charge in [0.05, 0.1) is 0 Å². The van der Waals surface area contributed by atoms with Crippen LogP contribution in [0.15, 0.2) is 18.2 Å². The zero-order chi connectivity index (χ0) is 11.6. The van der Waals surface area contributed by atoms with Gasteiger partial charge in [0.2, 0.25) is 0 Å². The van der Waals surface area contributed by atoms with Crippen molar-refractivity contribution >= 4 is 11.6 Å². The molecular weight excluding hydrogens is 222 g/mol. The normalized spacial score (nSPS) is 18.9. The SMILES string of the molecule is CC1(NCc2cc(Cl)ccc2O)CCCC1. The summed E-state index contributed by atoms with van der Waals surface area (Å²) < 4.78 is 0. The van der Waals surface area contributed by atoms with Crippen molar-refractivity contribution in [1.82, 2.24) is 5.32 Å². The Balaban J connectivity index is 2.01. The second kappa shape index (κ2) is 4.64. The van der Waals surface area contributed by atoms with E-state index in [9.17, 15) is 5.11 Å². The Morgan fingerprint density at radius 3 is 2.75 bits per heavy atom. The van der Waals surface area contributed by atoms with Gasteiger partial charge in [0.25, 0.3) is 0 Å². The first-order chi connectivity index (χ1) is 7.59. The molecule has 0 amide bonds. The van der Waals surface area contributed by atoms with Crippen molar-refractivity contribution in [3.63, 3.8) is 0 Å². The summed E-state index contributed by atoms with van der Waals surface area (Å²) in [7, 11) is 0. The quantitative estimate of drug-likeness (QED) is 0.847. The third kappa shape index (κ3) is 2.69. The molecule has 0 bridgehead atoms. The Kier molecular flexibility index (Phi) is 3.41. The molecule has 88 valence electrons. The first-order valence-electron chi connectivity index (χ1n) is 5.81. The third-order valence-electron chi connectivity index (χ3n) is 3.45. The summed E-state index contributed by atoms with van der Waals surface area (Å²) in [4.78, 5) is 0. The number of aromatic hydroxyl groups is 1. The number of phenols is 1. The second-order valence-corrected chi connectivity index (χ2v) is 5.33. The lowest BCUT2D eigenvalue weighted by Gasteiger charge is -2.25. The molecule has 0 aromatic heterocycles. The fraction of sp³-hybridized carbons (Fsp3) is 0.538. The molecule has 1 saturated carbocycles. The molecule has 2 nitrogen and oxygen atoms in total. The highest BCUT2D eigenvalue weighted by Gasteiger charge is 2.27. The van der Waals surface area contributed by atoms with Crippen LogP contribution in [0.4, 0.5) is 0 Å². The molecule has 0 saturated heterocycles. The number of nitrogens with one attached hydrogen (secondary N) is 1. The van der Waals surface area contributed by atoms with E-state index in [2.05, 4.69) is 12.2 Å². The number of hydrogen-bond donors (Lipinski definition) is 2. The van der Waals surface area contributed by atoms with Gasteiger partial charge in [-0.3, -0.25) is 0 Å². The third-order valence-corrected chi connectivity index (χ3v) is 3.69. The van der Waals surface area contributed by atoms with Crippen LogP contribution in [0.3, 0.4) is 0 Å². The molecule has 1 fully saturated rings. The first kappa shape index (κ1) is 11.7. The molecule has 16 heavy (non-hydrogen) atoms. The van der Waals surface area contributed by atoms with Crippen LogP contribution in [0.25, 0.3) is 0 Å². The summed E-state index contributed by atoms with van der Waals surface area (Å²) in [5, 5.41) is 13.9. The summed E-state index contributed by atoms with van der Waals surface area (Å²) in [6.07, 6.45) is 5.03. The molecule has 1 aliphatic carbocycles. The Morgan fingerprint density at radius 2 is 2.06 bits per heavy atom. The van der Waals surface area contributed by atoms with Crippen LogP contribution >= 0.6 is 11.6 Å². The lowest BCUT2D eigenvalue weighted by molar-refractivity contribution is 0.358. The molecule has 1 aromatic carbocycles. The molecule has 0 radical (unpaired) electrons. The van der Waals surface area contributed by atoms with Crippen molar-refractivity contribution in [3.05, 3.63) is 28.8 Å². The van der Waals surface area contributed by atoms with E-state index in [0.29, 0.717) is 17.3 Å². The molecular formula is C13H18ClNO. The standard InChI is InChI=1S/C13H18ClNO/c1-13(6-2-3-7-13)15-9-10-8-11(14)4-5-12(10)16/h4-5,8,15-16H,2-3,6-7,9H2,1H3. The summed E-state index contributed by atoms with van der Waals surface area (Å²) in [6.45, 7) is 2.94. The molecule has 0 aliphatic heterocycles. The average molecular weight is 240 g/mol. The van der Waals surface area contributed by atoms with Crippen molar-refractivity contribution in [2.24, 2.45) is 0 Å². The van der Waals surface area contributed by atoms with E-state index in [0.717, 1.165) is 5.56 Å². The van der Waals surface area contributed by atoms with Crippen molar-refractivity contribution in [2.45, 2.75) is 44.7 Å². The fourth-order valence-electron chi connectivity index (χ4n) is 2.34. The Bertz CT molecular complexity index is 372. The van der Waals surface area contributed by atoms with Gasteiger partial charge < -0.3 is 10.4 Å². The van der Waals surface area contributed by atoms with E-state index >= 15 is 0 Å². The minimum atomic E-state index is 0.231. The fourth-order valence-corrected chi connectivity index (χ4v) is 2.53. The number of rotatable bonds is 3. The van der Waals surface area contributed by atoms with Crippen LogP contribution in [0.2, 0.25) is 5.02 Å². The number of halogens is 1. The van der Waals surface area contributed by atoms with Crippen LogP contribution in [-0.2, 0) is 6.54 Å². The summed E-state index contributed by atoms with van der Waals surface area (Å²) in [5.74, 6) is 0.318. The highest BCUT2D eigenvalue weighted by atomic mass is 35.5. The van der Waals surface area contributed by atoms with E-state index in [4.69, 9.17) is 11.6 Å². The number of benzene rings is 1. The van der Waals surface area contributed by atoms with Crippen LogP contribution in [0.5, 0.6) is 5.75 Å². The van der Waals surface area contributed by atoms with Crippen LogP contribution in [-0.4, -0.2) is 10.6 Å². The van der Waals surface area contributed by atoms with Gasteiger partial charge in [0.15, 0.2) is 0 Å². The lowest BCUT2D eigenvalue weighted by atomic mass is 10.0. The van der Waals surface area contributed by atoms with Crippen molar-refractivity contribution in [2.75, 3.05) is 0 Å². The largest absolute Gasteiger partial charge is 0.508 e. The van der Waals surface area contributed by atoms with Gasteiger partial charge in [0.1, 0.15) is 5.75 Å². The van der Waals surface area contributed by atoms with E-state index in [-0.39, 0.29) is 5.54 Å². The number of hydrogen-bond acceptors (Lipinski definition) is 2. The van der Waals surface area contributed by atoms with Gasteiger partial charge in [0, 0.05) is 22.7 Å². The maximum Gasteiger partial charge on any atom is 0.120 e. The van der Waals surface area contributed by atoms with Crippen LogP contribution < -0.4 is 5.32 Å². The zero-order valence-electron chi connectivity index (χ0n) is 9.59. The zero-order valence-corrected chi connectivity index (χ0v) is 10.3. The summed E-state index contributed by atoms with van der Waals surface area (Å²) >= 11 is 5.91. The van der Waals surface area contributed by atoms with Crippen molar-refractivity contribution in [1.29, 1.82) is 0 Å². The smallest absolute Gasteiger partial charge is 0.120 e. The van der Waals surface area contributed by atoms with Gasteiger partial charge in [-0.2, -0.15) is 0 Å². The molecule has 0 unspecified atom stereocenters. The van der Waals surface area contributed by atoms with E-state index in [1.807, 2.05) is 6.07 Å². The van der Waals surface area contributed by atoms with E-state index in [1.54, 1.807) is 12.1 Å². The highest BCUT2D eigenvalue weighted by molar-refractivity contribution is 6.30. The topological polar surface area (TPSA) is 32.3 Å².